The first kappa shape index (κ1) is 25.5. The van der Waals surface area contributed by atoms with Crippen LogP contribution in [0.2, 0.25) is 15.1 Å². The Hall–Kier alpha value is -2.61. The van der Waals surface area contributed by atoms with E-state index in [4.69, 9.17) is 39.2 Å². The minimum Gasteiger partial charge on any atom is -0.459 e. The zero-order chi connectivity index (χ0) is 25.0. The summed E-state index contributed by atoms with van der Waals surface area (Å²) in [5.74, 6) is 0.965. The predicted octanol–water partition coefficient (Wildman–Crippen LogP) is 7.69. The minimum atomic E-state index is -3.85. The van der Waals surface area contributed by atoms with Gasteiger partial charge in [0.2, 0.25) is 10.0 Å². The summed E-state index contributed by atoms with van der Waals surface area (Å²) in [7, 11) is -3.85. The summed E-state index contributed by atoms with van der Waals surface area (Å²) in [5.41, 5.74) is 2.44. The largest absolute Gasteiger partial charge is 0.459 e. The van der Waals surface area contributed by atoms with Gasteiger partial charge in [0.1, 0.15) is 11.5 Å². The van der Waals surface area contributed by atoms with Gasteiger partial charge in [-0.05, 0) is 78.7 Å². The predicted molar refractivity (Wildman–Crippen MR) is 141 cm³/mol. The molecule has 0 amide bonds. The van der Waals surface area contributed by atoms with Crippen molar-refractivity contribution < 1.29 is 12.8 Å². The number of aliphatic imine (C=N–C) groups is 1. The van der Waals surface area contributed by atoms with E-state index in [1.165, 1.54) is 16.4 Å². The molecule has 9 heteroatoms. The van der Waals surface area contributed by atoms with Gasteiger partial charge in [0.25, 0.3) is 0 Å². The van der Waals surface area contributed by atoms with E-state index < -0.39 is 10.0 Å². The van der Waals surface area contributed by atoms with Gasteiger partial charge >= 0.3 is 0 Å². The third-order valence-electron chi connectivity index (χ3n) is 5.23. The highest BCUT2D eigenvalue weighted by atomic mass is 35.5. The highest BCUT2D eigenvalue weighted by Gasteiger charge is 2.26. The first-order valence-corrected chi connectivity index (χ1v) is 13.2. The van der Waals surface area contributed by atoms with E-state index in [9.17, 15) is 8.42 Å². The van der Waals surface area contributed by atoms with Gasteiger partial charge in [0.15, 0.2) is 0 Å². The second-order valence-electron chi connectivity index (χ2n) is 7.85. The number of hydrogen-bond acceptors (Lipinski definition) is 4. The van der Waals surface area contributed by atoms with Crippen LogP contribution in [0, 0.1) is 6.92 Å². The van der Waals surface area contributed by atoms with Gasteiger partial charge in [-0.2, -0.15) is 4.31 Å². The first-order valence-electron chi connectivity index (χ1n) is 10.6. The summed E-state index contributed by atoms with van der Waals surface area (Å²) in [5, 5.41) is 1.66. The van der Waals surface area contributed by atoms with Crippen molar-refractivity contribution in [3.05, 3.63) is 117 Å². The third kappa shape index (κ3) is 6.54. The van der Waals surface area contributed by atoms with Crippen molar-refractivity contribution in [2.75, 3.05) is 0 Å². The van der Waals surface area contributed by atoms with Crippen molar-refractivity contribution in [3.8, 4) is 0 Å². The van der Waals surface area contributed by atoms with Gasteiger partial charge in [-0.1, -0.05) is 53.0 Å². The Kier molecular flexibility index (Phi) is 7.99. The van der Waals surface area contributed by atoms with Crippen LogP contribution in [0.5, 0.6) is 0 Å². The molecule has 4 rings (SSSR count). The average molecular weight is 548 g/mol. The fourth-order valence-electron chi connectivity index (χ4n) is 3.30. The lowest BCUT2D eigenvalue weighted by Gasteiger charge is -2.21. The molecule has 0 aliphatic carbocycles. The molecule has 0 N–H and O–H groups in total. The molecular weight excluding hydrogens is 527 g/mol. The summed E-state index contributed by atoms with van der Waals surface area (Å²) in [4.78, 5) is 4.53. The van der Waals surface area contributed by atoms with E-state index in [-0.39, 0.29) is 18.0 Å². The van der Waals surface area contributed by atoms with Crippen LogP contribution in [0.25, 0.3) is 0 Å². The summed E-state index contributed by atoms with van der Waals surface area (Å²) in [6, 6.07) is 22.1. The van der Waals surface area contributed by atoms with E-state index in [1.807, 2.05) is 19.1 Å². The number of aryl methyl sites for hydroxylation is 1. The number of hydrogen-bond donors (Lipinski definition) is 0. The molecule has 0 aliphatic rings. The van der Waals surface area contributed by atoms with Crippen LogP contribution in [0.3, 0.4) is 0 Å². The zero-order valence-electron chi connectivity index (χ0n) is 18.7. The molecule has 0 saturated heterocycles. The van der Waals surface area contributed by atoms with Crippen molar-refractivity contribution >= 4 is 56.7 Å². The Bertz CT molecular complexity index is 1450. The van der Waals surface area contributed by atoms with Crippen molar-refractivity contribution in [3.63, 3.8) is 0 Å². The number of nitrogens with zero attached hydrogens (tertiary/aromatic N) is 2. The van der Waals surface area contributed by atoms with Gasteiger partial charge in [-0.15, -0.1) is 0 Å². The molecule has 0 aliphatic heterocycles. The Morgan fingerprint density at radius 2 is 1.51 bits per heavy atom. The third-order valence-corrected chi connectivity index (χ3v) is 7.95. The number of rotatable bonds is 8. The minimum absolute atomic E-state index is 0.0256. The molecule has 5 nitrogen and oxygen atoms in total. The van der Waals surface area contributed by atoms with Crippen LogP contribution in [-0.4, -0.2) is 18.9 Å². The van der Waals surface area contributed by atoms with Gasteiger partial charge in [-0.25, -0.2) is 8.42 Å². The van der Waals surface area contributed by atoms with Gasteiger partial charge in [0.05, 0.1) is 23.3 Å². The lowest BCUT2D eigenvalue weighted by atomic mass is 10.2. The molecule has 35 heavy (non-hydrogen) atoms. The maximum atomic E-state index is 13.5. The summed E-state index contributed by atoms with van der Waals surface area (Å²) in [6.45, 7) is 2.08. The Balaban J connectivity index is 1.58. The number of sulfonamides is 1. The fourth-order valence-corrected chi connectivity index (χ4v) is 5.12. The summed E-state index contributed by atoms with van der Waals surface area (Å²) >= 11 is 18.1. The van der Waals surface area contributed by atoms with Crippen molar-refractivity contribution in [2.45, 2.75) is 24.9 Å². The topological polar surface area (TPSA) is 62.9 Å². The maximum Gasteiger partial charge on any atom is 0.243 e. The average Bonchev–Trinajstić information content (AvgIpc) is 3.28. The standard InChI is InChI=1S/C26H21Cl3N2O3S/c1-18-2-9-22(14-26(18)29)30-15-23-10-11-24(34-23)17-31(16-19-3-5-20(27)6-4-19)35(32,33)25-12-7-21(28)8-13-25/h2-15H,16-17H2,1H3. The summed E-state index contributed by atoms with van der Waals surface area (Å²) < 4.78 is 34.2. The molecule has 1 aromatic heterocycles. The SMILES string of the molecule is Cc1ccc(N=Cc2ccc(CN(Cc3ccc(Cl)cc3)S(=O)(=O)c3ccc(Cl)cc3)o2)cc1Cl. The Labute approximate surface area is 219 Å². The number of furan rings is 1. The van der Waals surface area contributed by atoms with Crippen molar-refractivity contribution in [1.29, 1.82) is 0 Å². The molecule has 0 fully saturated rings. The van der Waals surface area contributed by atoms with E-state index in [1.54, 1.807) is 60.8 Å². The molecule has 0 bridgehead atoms. The van der Waals surface area contributed by atoms with Crippen molar-refractivity contribution in [2.24, 2.45) is 4.99 Å². The van der Waals surface area contributed by atoms with Crippen LogP contribution in [0.4, 0.5) is 5.69 Å². The zero-order valence-corrected chi connectivity index (χ0v) is 21.7. The van der Waals surface area contributed by atoms with E-state index in [2.05, 4.69) is 4.99 Å². The van der Waals surface area contributed by atoms with Crippen LogP contribution in [0.15, 0.2) is 93.2 Å². The molecule has 3 aromatic carbocycles. The van der Waals surface area contributed by atoms with Gasteiger partial charge in [-0.3, -0.25) is 4.99 Å². The molecule has 0 atom stereocenters. The molecule has 0 radical (unpaired) electrons. The van der Waals surface area contributed by atoms with Crippen LogP contribution < -0.4 is 0 Å². The maximum absolute atomic E-state index is 13.5. The fraction of sp³-hybridized carbons (Fsp3) is 0.115. The molecule has 180 valence electrons. The highest BCUT2D eigenvalue weighted by Crippen LogP contribution is 2.25. The van der Waals surface area contributed by atoms with E-state index in [0.29, 0.717) is 32.3 Å². The molecule has 0 saturated carbocycles. The first-order chi connectivity index (χ1) is 16.7. The lowest BCUT2D eigenvalue weighted by Crippen LogP contribution is -2.30. The Morgan fingerprint density at radius 3 is 2.17 bits per heavy atom. The molecule has 4 aromatic rings. The molecule has 0 spiro atoms. The quantitative estimate of drug-likeness (QED) is 0.212. The highest BCUT2D eigenvalue weighted by molar-refractivity contribution is 7.89. The number of halogens is 3. The normalized spacial score (nSPS) is 12.0. The molecular formula is C26H21Cl3N2O3S. The van der Waals surface area contributed by atoms with Gasteiger partial charge in [0, 0.05) is 21.6 Å². The smallest absolute Gasteiger partial charge is 0.243 e. The van der Waals surface area contributed by atoms with Crippen LogP contribution in [-0.2, 0) is 23.1 Å². The second kappa shape index (κ2) is 11.0. The van der Waals surface area contributed by atoms with E-state index in [0.717, 1.165) is 11.1 Å². The molecule has 1 heterocycles. The van der Waals surface area contributed by atoms with E-state index >= 15 is 0 Å². The monoisotopic (exact) mass is 546 g/mol. The van der Waals surface area contributed by atoms with Crippen LogP contribution >= 0.6 is 34.8 Å². The number of benzene rings is 3. The lowest BCUT2D eigenvalue weighted by molar-refractivity contribution is 0.357. The summed E-state index contributed by atoms with van der Waals surface area (Å²) in [6.07, 6.45) is 1.57. The Morgan fingerprint density at radius 1 is 0.857 bits per heavy atom. The van der Waals surface area contributed by atoms with Gasteiger partial charge < -0.3 is 4.42 Å². The molecule has 0 unspecified atom stereocenters. The van der Waals surface area contributed by atoms with Crippen LogP contribution in [0.1, 0.15) is 22.6 Å². The second-order valence-corrected chi connectivity index (χ2v) is 11.1. The van der Waals surface area contributed by atoms with Crippen molar-refractivity contribution in [1.82, 2.24) is 4.31 Å².